The predicted molar refractivity (Wildman–Crippen MR) is 85.8 cm³/mol. The van der Waals surface area contributed by atoms with Gasteiger partial charge in [-0.2, -0.15) is 5.10 Å². The molecule has 0 radical (unpaired) electrons. The third-order valence-electron chi connectivity index (χ3n) is 3.61. The van der Waals surface area contributed by atoms with Gasteiger partial charge in [-0.1, -0.05) is 24.3 Å². The molecule has 1 atom stereocenters. The monoisotopic (exact) mass is 294 g/mol. The maximum absolute atomic E-state index is 5.62. The van der Waals surface area contributed by atoms with Crippen LogP contribution in [-0.2, 0) is 0 Å². The smallest absolute Gasteiger partial charge is 0.128 e. The molecule has 1 aromatic carbocycles. The highest BCUT2D eigenvalue weighted by atomic mass is 32.1. The fourth-order valence-electron chi connectivity index (χ4n) is 2.62. The molecule has 0 fully saturated rings. The third-order valence-corrected chi connectivity index (χ3v) is 4.53. The van der Waals surface area contributed by atoms with E-state index >= 15 is 0 Å². The van der Waals surface area contributed by atoms with Crippen LogP contribution in [0.15, 0.2) is 75.8 Å². The Labute approximate surface area is 127 Å². The summed E-state index contributed by atoms with van der Waals surface area (Å²) in [6, 6.07) is 18.5. The summed E-state index contributed by atoms with van der Waals surface area (Å²) < 4.78 is 5.62. The van der Waals surface area contributed by atoms with Crippen molar-refractivity contribution >= 4 is 22.7 Å². The zero-order chi connectivity index (χ0) is 14.1. The Morgan fingerprint density at radius 1 is 1.05 bits per heavy atom. The van der Waals surface area contributed by atoms with Gasteiger partial charge in [-0.15, -0.1) is 11.3 Å². The van der Waals surface area contributed by atoms with Gasteiger partial charge in [0, 0.05) is 6.42 Å². The highest BCUT2D eigenvalue weighted by Gasteiger charge is 2.31. The minimum Gasteiger partial charge on any atom is -0.467 e. The number of hydrogen-bond acceptors (Lipinski definition) is 4. The van der Waals surface area contributed by atoms with Gasteiger partial charge < -0.3 is 4.42 Å². The maximum Gasteiger partial charge on any atom is 0.128 e. The van der Waals surface area contributed by atoms with Crippen molar-refractivity contribution in [2.75, 3.05) is 5.01 Å². The van der Waals surface area contributed by atoms with E-state index in [1.165, 1.54) is 4.88 Å². The second kappa shape index (κ2) is 5.22. The van der Waals surface area contributed by atoms with Crippen LogP contribution in [-0.4, -0.2) is 5.71 Å². The van der Waals surface area contributed by atoms with Crippen LogP contribution in [0.1, 0.15) is 23.1 Å². The zero-order valence-corrected chi connectivity index (χ0v) is 12.2. The third kappa shape index (κ3) is 2.28. The number of rotatable bonds is 3. The van der Waals surface area contributed by atoms with Gasteiger partial charge in [0.05, 0.1) is 22.5 Å². The molecule has 0 aliphatic carbocycles. The number of nitrogens with zero attached hydrogens (tertiary/aromatic N) is 2. The van der Waals surface area contributed by atoms with Gasteiger partial charge in [-0.25, -0.2) is 0 Å². The van der Waals surface area contributed by atoms with E-state index in [0.29, 0.717) is 0 Å². The number of para-hydroxylation sites is 1. The minimum absolute atomic E-state index is 0.125. The average molecular weight is 294 g/mol. The van der Waals surface area contributed by atoms with Gasteiger partial charge in [0.2, 0.25) is 0 Å². The summed E-state index contributed by atoms with van der Waals surface area (Å²) in [5, 5.41) is 8.99. The number of benzene rings is 1. The van der Waals surface area contributed by atoms with Crippen LogP contribution < -0.4 is 5.01 Å². The van der Waals surface area contributed by atoms with E-state index in [-0.39, 0.29) is 6.04 Å². The molecule has 0 saturated heterocycles. The quantitative estimate of drug-likeness (QED) is 0.700. The van der Waals surface area contributed by atoms with E-state index in [1.807, 2.05) is 30.3 Å². The molecule has 0 saturated carbocycles. The normalized spacial score (nSPS) is 18.0. The van der Waals surface area contributed by atoms with Crippen molar-refractivity contribution in [2.45, 2.75) is 12.5 Å². The Kier molecular flexibility index (Phi) is 3.09. The summed E-state index contributed by atoms with van der Waals surface area (Å²) in [6.45, 7) is 0. The van der Waals surface area contributed by atoms with Crippen molar-refractivity contribution in [2.24, 2.45) is 5.10 Å². The highest BCUT2D eigenvalue weighted by Crippen LogP contribution is 2.37. The molecule has 0 spiro atoms. The fourth-order valence-corrected chi connectivity index (χ4v) is 3.34. The first kappa shape index (κ1) is 12.4. The molecule has 2 aromatic heterocycles. The summed E-state index contributed by atoms with van der Waals surface area (Å²) >= 11 is 1.73. The van der Waals surface area contributed by atoms with Crippen LogP contribution >= 0.6 is 11.3 Å². The summed E-state index contributed by atoms with van der Waals surface area (Å²) in [5.41, 5.74) is 2.21. The van der Waals surface area contributed by atoms with E-state index in [2.05, 4.69) is 34.7 Å². The van der Waals surface area contributed by atoms with Gasteiger partial charge in [-0.05, 0) is 35.7 Å². The van der Waals surface area contributed by atoms with Crippen LogP contribution in [0.2, 0.25) is 0 Å². The van der Waals surface area contributed by atoms with E-state index in [1.54, 1.807) is 17.6 Å². The lowest BCUT2D eigenvalue weighted by molar-refractivity contribution is 0.465. The highest BCUT2D eigenvalue weighted by molar-refractivity contribution is 7.12. The minimum atomic E-state index is 0.125. The second-order valence-corrected chi connectivity index (χ2v) is 5.89. The first-order chi connectivity index (χ1) is 10.4. The molecule has 4 heteroatoms. The number of anilines is 1. The summed E-state index contributed by atoms with van der Waals surface area (Å²) in [7, 11) is 0. The van der Waals surface area contributed by atoms with Gasteiger partial charge in [-0.3, -0.25) is 5.01 Å². The lowest BCUT2D eigenvalue weighted by atomic mass is 10.1. The molecule has 0 amide bonds. The molecule has 3 nitrogen and oxygen atoms in total. The van der Waals surface area contributed by atoms with E-state index in [4.69, 9.17) is 9.52 Å². The van der Waals surface area contributed by atoms with Gasteiger partial charge >= 0.3 is 0 Å². The SMILES string of the molecule is c1ccc(N2N=C(c3cccs3)C[C@@H]2c2ccco2)cc1. The lowest BCUT2D eigenvalue weighted by Gasteiger charge is -2.21. The molecule has 3 heterocycles. The van der Waals surface area contributed by atoms with Crippen molar-refractivity contribution in [1.29, 1.82) is 0 Å². The summed E-state index contributed by atoms with van der Waals surface area (Å²) in [6.07, 6.45) is 2.59. The molecule has 4 rings (SSSR count). The fraction of sp³-hybridized carbons (Fsp3) is 0.118. The zero-order valence-electron chi connectivity index (χ0n) is 11.3. The Morgan fingerprint density at radius 2 is 1.95 bits per heavy atom. The largest absolute Gasteiger partial charge is 0.467 e. The second-order valence-electron chi connectivity index (χ2n) is 4.94. The number of thiophene rings is 1. The van der Waals surface area contributed by atoms with Crippen LogP contribution in [0.3, 0.4) is 0 Å². The van der Waals surface area contributed by atoms with E-state index in [0.717, 1.165) is 23.6 Å². The van der Waals surface area contributed by atoms with Crippen molar-refractivity contribution in [3.63, 3.8) is 0 Å². The van der Waals surface area contributed by atoms with Crippen LogP contribution in [0.25, 0.3) is 0 Å². The first-order valence-corrected chi connectivity index (χ1v) is 7.79. The van der Waals surface area contributed by atoms with Gasteiger partial charge in [0.1, 0.15) is 11.8 Å². The van der Waals surface area contributed by atoms with Gasteiger partial charge in [0.25, 0.3) is 0 Å². The number of hydrogen-bond donors (Lipinski definition) is 0. The lowest BCUT2D eigenvalue weighted by Crippen LogP contribution is -2.17. The topological polar surface area (TPSA) is 28.7 Å². The Balaban J connectivity index is 1.75. The molecular weight excluding hydrogens is 280 g/mol. The van der Waals surface area contributed by atoms with Crippen LogP contribution in [0, 0.1) is 0 Å². The Morgan fingerprint density at radius 3 is 2.67 bits per heavy atom. The molecule has 1 aliphatic rings. The molecule has 104 valence electrons. The summed E-state index contributed by atoms with van der Waals surface area (Å²) in [4.78, 5) is 1.23. The molecule has 0 unspecified atom stereocenters. The maximum atomic E-state index is 5.62. The van der Waals surface area contributed by atoms with Gasteiger partial charge in [0.15, 0.2) is 0 Å². The van der Waals surface area contributed by atoms with Crippen molar-refractivity contribution in [1.82, 2.24) is 0 Å². The Hall–Kier alpha value is -2.33. The summed E-state index contributed by atoms with van der Waals surface area (Å²) in [5.74, 6) is 0.953. The van der Waals surface area contributed by atoms with E-state index < -0.39 is 0 Å². The molecular formula is C17H14N2OS. The van der Waals surface area contributed by atoms with Crippen molar-refractivity contribution < 1.29 is 4.42 Å². The predicted octanol–water partition coefficient (Wildman–Crippen LogP) is 4.70. The molecule has 21 heavy (non-hydrogen) atoms. The molecule has 0 N–H and O–H groups in total. The average Bonchev–Trinajstić information content (AvgIpc) is 3.27. The Bertz CT molecular complexity index is 732. The van der Waals surface area contributed by atoms with Crippen molar-refractivity contribution in [3.05, 3.63) is 76.9 Å². The van der Waals surface area contributed by atoms with Crippen LogP contribution in [0.4, 0.5) is 5.69 Å². The molecule has 0 bridgehead atoms. The van der Waals surface area contributed by atoms with Crippen LogP contribution in [0.5, 0.6) is 0 Å². The standard InChI is InChI=1S/C17H14N2OS/c1-2-6-13(7-3-1)19-15(16-8-4-10-20-16)12-14(18-19)17-9-5-11-21-17/h1-11,15H,12H2/t15-/m1/s1. The molecule has 1 aliphatic heterocycles. The van der Waals surface area contributed by atoms with Crippen molar-refractivity contribution in [3.8, 4) is 0 Å². The first-order valence-electron chi connectivity index (χ1n) is 6.91. The number of hydrazone groups is 1. The van der Waals surface area contributed by atoms with E-state index in [9.17, 15) is 0 Å². The molecule has 3 aromatic rings. The number of furan rings is 1.